The maximum absolute atomic E-state index is 12.0. The third-order valence-corrected chi connectivity index (χ3v) is 3.83. The molecular formula is C11H14N4O3S. The summed E-state index contributed by atoms with van der Waals surface area (Å²) in [7, 11) is -0.756. The average molecular weight is 282 g/mol. The van der Waals surface area contributed by atoms with Crippen LogP contribution in [-0.4, -0.2) is 44.3 Å². The summed E-state index contributed by atoms with van der Waals surface area (Å²) in [5, 5.41) is 8.58. The second-order valence-electron chi connectivity index (χ2n) is 4.07. The number of aromatic nitrogens is 1. The van der Waals surface area contributed by atoms with E-state index in [0.717, 1.165) is 6.20 Å². The number of likely N-dealkylation sites (N-methyl/N-ethyl adjacent to an activating group) is 1. The number of amides is 1. The van der Waals surface area contributed by atoms with Gasteiger partial charge in [0.1, 0.15) is 16.7 Å². The van der Waals surface area contributed by atoms with Gasteiger partial charge in [-0.05, 0) is 19.1 Å². The largest absolute Gasteiger partial charge is 0.347 e. The molecule has 0 radical (unpaired) electrons. The van der Waals surface area contributed by atoms with Gasteiger partial charge in [0.05, 0.1) is 6.04 Å². The van der Waals surface area contributed by atoms with Crippen molar-refractivity contribution in [2.75, 3.05) is 14.1 Å². The third-order valence-electron chi connectivity index (χ3n) is 2.30. The Hall–Kier alpha value is -1.98. The fourth-order valence-corrected chi connectivity index (χ4v) is 2.48. The highest BCUT2D eigenvalue weighted by molar-refractivity contribution is 7.89. The molecule has 7 nitrogen and oxygen atoms in total. The molecule has 1 aromatic heterocycles. The molecule has 8 heteroatoms. The summed E-state index contributed by atoms with van der Waals surface area (Å²) in [4.78, 5) is 16.5. The van der Waals surface area contributed by atoms with Crippen LogP contribution < -0.4 is 4.72 Å². The number of carbonyl (C=O) groups excluding carboxylic acids is 1. The number of hydrogen-bond acceptors (Lipinski definition) is 5. The first-order chi connectivity index (χ1) is 8.77. The minimum atomic E-state index is -3.83. The van der Waals surface area contributed by atoms with Crippen molar-refractivity contribution in [1.82, 2.24) is 14.6 Å². The number of pyridine rings is 1. The van der Waals surface area contributed by atoms with Crippen LogP contribution in [0.25, 0.3) is 0 Å². The van der Waals surface area contributed by atoms with Crippen LogP contribution in [-0.2, 0) is 14.8 Å². The first kappa shape index (κ1) is 15.1. The lowest BCUT2D eigenvalue weighted by atomic mass is 10.3. The first-order valence-corrected chi connectivity index (χ1v) is 6.86. The van der Waals surface area contributed by atoms with Crippen molar-refractivity contribution in [3.05, 3.63) is 24.0 Å². The van der Waals surface area contributed by atoms with Crippen LogP contribution >= 0.6 is 0 Å². The van der Waals surface area contributed by atoms with Crippen molar-refractivity contribution in [2.45, 2.75) is 17.9 Å². The fourth-order valence-electron chi connectivity index (χ4n) is 1.34. The topological polar surface area (TPSA) is 103 Å². The minimum Gasteiger partial charge on any atom is -0.347 e. The molecule has 0 aliphatic rings. The van der Waals surface area contributed by atoms with Crippen LogP contribution in [0.2, 0.25) is 0 Å². The number of sulfonamides is 1. The molecule has 1 rings (SSSR count). The molecule has 1 aromatic rings. The second kappa shape index (κ2) is 5.77. The van der Waals surface area contributed by atoms with E-state index in [1.165, 1.54) is 38.1 Å². The molecule has 0 fully saturated rings. The van der Waals surface area contributed by atoms with Crippen molar-refractivity contribution in [2.24, 2.45) is 0 Å². The number of nitrogens with zero attached hydrogens (tertiary/aromatic N) is 3. The smallest absolute Gasteiger partial charge is 0.242 e. The van der Waals surface area contributed by atoms with Gasteiger partial charge in [-0.1, -0.05) is 0 Å². The summed E-state index contributed by atoms with van der Waals surface area (Å²) in [5.41, 5.74) is 0.122. The van der Waals surface area contributed by atoms with Gasteiger partial charge in [0.2, 0.25) is 15.9 Å². The van der Waals surface area contributed by atoms with E-state index >= 15 is 0 Å². The zero-order valence-electron chi connectivity index (χ0n) is 10.8. The maximum Gasteiger partial charge on any atom is 0.242 e. The predicted molar refractivity (Wildman–Crippen MR) is 67.4 cm³/mol. The zero-order chi connectivity index (χ0) is 14.6. The Morgan fingerprint density at radius 1 is 1.47 bits per heavy atom. The average Bonchev–Trinajstić information content (AvgIpc) is 2.37. The summed E-state index contributed by atoms with van der Waals surface area (Å²) in [6.45, 7) is 1.46. The van der Waals surface area contributed by atoms with Crippen molar-refractivity contribution < 1.29 is 13.2 Å². The van der Waals surface area contributed by atoms with Gasteiger partial charge in [-0.3, -0.25) is 4.79 Å². The Morgan fingerprint density at radius 3 is 2.53 bits per heavy atom. The van der Waals surface area contributed by atoms with E-state index in [9.17, 15) is 13.2 Å². The van der Waals surface area contributed by atoms with Crippen LogP contribution in [0.15, 0.2) is 23.2 Å². The molecule has 1 N–H and O–H groups in total. The first-order valence-electron chi connectivity index (χ1n) is 5.37. The molecule has 1 heterocycles. The number of nitrogens with one attached hydrogen (secondary N) is 1. The van der Waals surface area contributed by atoms with Crippen molar-refractivity contribution in [3.63, 3.8) is 0 Å². The van der Waals surface area contributed by atoms with Crippen LogP contribution in [0.1, 0.15) is 12.6 Å². The van der Waals surface area contributed by atoms with Gasteiger partial charge < -0.3 is 4.90 Å². The lowest BCUT2D eigenvalue weighted by Gasteiger charge is -2.17. The van der Waals surface area contributed by atoms with E-state index in [1.54, 1.807) is 6.07 Å². The van der Waals surface area contributed by atoms with E-state index in [1.807, 2.05) is 0 Å². The Morgan fingerprint density at radius 2 is 2.11 bits per heavy atom. The lowest BCUT2D eigenvalue weighted by Crippen LogP contribution is -2.44. The highest BCUT2D eigenvalue weighted by Crippen LogP contribution is 2.08. The molecule has 1 unspecified atom stereocenters. The van der Waals surface area contributed by atoms with Crippen LogP contribution in [0.3, 0.4) is 0 Å². The summed E-state index contributed by atoms with van der Waals surface area (Å²) in [6.07, 6.45) is 1.08. The monoisotopic (exact) mass is 282 g/mol. The molecule has 102 valence electrons. The van der Waals surface area contributed by atoms with E-state index < -0.39 is 16.1 Å². The molecule has 0 saturated heterocycles. The molecular weight excluding hydrogens is 268 g/mol. The van der Waals surface area contributed by atoms with E-state index in [-0.39, 0.29) is 16.5 Å². The molecule has 0 aliphatic carbocycles. The Labute approximate surface area is 111 Å². The predicted octanol–water partition coefficient (Wildman–Crippen LogP) is -0.292. The molecule has 1 amide bonds. The highest BCUT2D eigenvalue weighted by atomic mass is 32.2. The molecule has 0 aromatic carbocycles. The van der Waals surface area contributed by atoms with Crippen LogP contribution in [0.5, 0.6) is 0 Å². The normalized spacial score (nSPS) is 12.5. The van der Waals surface area contributed by atoms with Crippen LogP contribution in [0, 0.1) is 11.3 Å². The van der Waals surface area contributed by atoms with E-state index in [0.29, 0.717) is 0 Å². The Bertz CT molecular complexity index is 602. The summed E-state index contributed by atoms with van der Waals surface area (Å²) < 4.78 is 26.2. The molecule has 0 saturated carbocycles. The molecule has 0 spiro atoms. The lowest BCUT2D eigenvalue weighted by molar-refractivity contribution is -0.130. The van der Waals surface area contributed by atoms with Gasteiger partial charge in [0.15, 0.2) is 0 Å². The number of nitriles is 1. The van der Waals surface area contributed by atoms with E-state index in [4.69, 9.17) is 5.26 Å². The van der Waals surface area contributed by atoms with Crippen LogP contribution in [0.4, 0.5) is 0 Å². The molecule has 1 atom stereocenters. The minimum absolute atomic E-state index is 0.0927. The second-order valence-corrected chi connectivity index (χ2v) is 5.78. The van der Waals surface area contributed by atoms with Gasteiger partial charge in [0.25, 0.3) is 0 Å². The van der Waals surface area contributed by atoms with Gasteiger partial charge in [-0.25, -0.2) is 13.4 Å². The van der Waals surface area contributed by atoms with Gasteiger partial charge >= 0.3 is 0 Å². The quantitative estimate of drug-likeness (QED) is 0.817. The molecule has 0 aliphatic heterocycles. The number of hydrogen-bond donors (Lipinski definition) is 1. The zero-order valence-corrected chi connectivity index (χ0v) is 11.6. The van der Waals surface area contributed by atoms with Gasteiger partial charge in [-0.15, -0.1) is 0 Å². The fraction of sp³-hybridized carbons (Fsp3) is 0.364. The van der Waals surface area contributed by atoms with Crippen molar-refractivity contribution in [1.29, 1.82) is 5.26 Å². The van der Waals surface area contributed by atoms with Gasteiger partial charge in [-0.2, -0.15) is 9.98 Å². The summed E-state index contributed by atoms with van der Waals surface area (Å²) in [5.74, 6) is -0.356. The third kappa shape index (κ3) is 3.74. The SMILES string of the molecule is CC(NS(=O)(=O)c1ccc(C#N)nc1)C(=O)N(C)C. The van der Waals surface area contributed by atoms with Crippen molar-refractivity contribution >= 4 is 15.9 Å². The molecule has 19 heavy (non-hydrogen) atoms. The maximum atomic E-state index is 12.0. The summed E-state index contributed by atoms with van der Waals surface area (Å²) >= 11 is 0. The van der Waals surface area contributed by atoms with E-state index in [2.05, 4.69) is 9.71 Å². The molecule has 0 bridgehead atoms. The highest BCUT2D eigenvalue weighted by Gasteiger charge is 2.23. The standard InChI is InChI=1S/C11H14N4O3S/c1-8(11(16)15(2)3)14-19(17,18)10-5-4-9(6-12)13-7-10/h4-5,7-8,14H,1-3H3. The summed E-state index contributed by atoms with van der Waals surface area (Å²) in [6, 6.07) is 3.48. The Balaban J connectivity index is 2.92. The number of carbonyl (C=O) groups is 1. The Kier molecular flexibility index (Phi) is 4.58. The number of rotatable bonds is 4. The van der Waals surface area contributed by atoms with Crippen molar-refractivity contribution in [3.8, 4) is 6.07 Å². The van der Waals surface area contributed by atoms with Gasteiger partial charge in [0, 0.05) is 20.3 Å².